The van der Waals surface area contributed by atoms with Gasteiger partial charge >= 0.3 is 6.03 Å². The van der Waals surface area contributed by atoms with E-state index in [2.05, 4.69) is 28.2 Å². The van der Waals surface area contributed by atoms with Crippen molar-refractivity contribution in [2.75, 3.05) is 17.6 Å². The first-order valence-electron chi connectivity index (χ1n) is 11.0. The maximum absolute atomic E-state index is 12.2. The Kier molecular flexibility index (Phi) is 13.1. The van der Waals surface area contributed by atoms with Crippen LogP contribution in [0.4, 0.5) is 10.5 Å². The molecule has 0 saturated heterocycles. The number of hydrogen-bond acceptors (Lipinski definition) is 3. The smallest absolute Gasteiger partial charge is 0.319 e. The van der Waals surface area contributed by atoms with E-state index in [-0.39, 0.29) is 41.3 Å². The van der Waals surface area contributed by atoms with Gasteiger partial charge in [0, 0.05) is 46.1 Å². The fraction of sp³-hybridized carbons (Fsp3) is 0.636. The fourth-order valence-electron chi connectivity index (χ4n) is 3.56. The summed E-state index contributed by atoms with van der Waals surface area (Å²) < 4.78 is 12.2. The fourth-order valence-corrected chi connectivity index (χ4v) is 4.91. The largest absolute Gasteiger partial charge is 0.357 e. The van der Waals surface area contributed by atoms with Crippen LogP contribution in [0.25, 0.3) is 0 Å². The van der Waals surface area contributed by atoms with Crippen molar-refractivity contribution in [1.82, 2.24) is 16.0 Å². The van der Waals surface area contributed by atoms with Gasteiger partial charge in [-0.05, 0) is 57.7 Å². The van der Waals surface area contributed by atoms with E-state index in [1.54, 1.807) is 0 Å². The molecule has 3 atom stereocenters. The molecule has 176 valence electrons. The van der Waals surface area contributed by atoms with Crippen LogP contribution in [0.1, 0.15) is 58.9 Å². The summed E-state index contributed by atoms with van der Waals surface area (Å²) in [5.41, 5.74) is 1.82. The van der Waals surface area contributed by atoms with E-state index in [1.807, 2.05) is 45.0 Å². The van der Waals surface area contributed by atoms with Crippen molar-refractivity contribution >= 4 is 52.5 Å². The van der Waals surface area contributed by atoms with E-state index in [0.29, 0.717) is 12.6 Å². The maximum atomic E-state index is 12.2. The number of benzene rings is 1. The van der Waals surface area contributed by atoms with E-state index in [1.165, 1.54) is 0 Å². The van der Waals surface area contributed by atoms with Crippen molar-refractivity contribution in [2.24, 2.45) is 4.99 Å². The molecule has 1 aromatic rings. The summed E-state index contributed by atoms with van der Waals surface area (Å²) in [4.78, 5) is 16.5. The molecule has 1 aliphatic carbocycles. The van der Waals surface area contributed by atoms with Crippen LogP contribution in [0.2, 0.25) is 0 Å². The van der Waals surface area contributed by atoms with Gasteiger partial charge in [0.2, 0.25) is 0 Å². The molecule has 0 aliphatic heterocycles. The predicted molar refractivity (Wildman–Crippen MR) is 142 cm³/mol. The summed E-state index contributed by atoms with van der Waals surface area (Å²) in [6, 6.07) is 7.91. The van der Waals surface area contributed by atoms with Crippen LogP contribution in [0.5, 0.6) is 0 Å². The maximum Gasteiger partial charge on any atom is 0.319 e. The van der Waals surface area contributed by atoms with Gasteiger partial charge in [0.15, 0.2) is 5.96 Å². The molecule has 1 fully saturated rings. The number of guanidine groups is 1. The molecule has 0 radical (unpaired) electrons. The highest BCUT2D eigenvalue weighted by atomic mass is 127. The average Bonchev–Trinajstić information content (AvgIpc) is 2.72. The van der Waals surface area contributed by atoms with Crippen molar-refractivity contribution in [3.05, 3.63) is 29.8 Å². The van der Waals surface area contributed by atoms with Crippen molar-refractivity contribution in [2.45, 2.75) is 77.3 Å². The second-order valence-corrected chi connectivity index (χ2v) is 9.95. The number of carbonyl (C=O) groups excluding carboxylic acids is 1. The van der Waals surface area contributed by atoms with Gasteiger partial charge in [-0.2, -0.15) is 0 Å². The highest BCUT2D eigenvalue weighted by molar-refractivity contribution is 14.0. The molecule has 2 amide bonds. The van der Waals surface area contributed by atoms with Gasteiger partial charge in [-0.15, -0.1) is 24.0 Å². The lowest BCUT2D eigenvalue weighted by Crippen LogP contribution is -2.46. The first-order chi connectivity index (χ1) is 14.4. The second-order valence-electron chi connectivity index (χ2n) is 7.94. The predicted octanol–water partition coefficient (Wildman–Crippen LogP) is 3.97. The van der Waals surface area contributed by atoms with E-state index in [0.717, 1.165) is 55.2 Å². The number of hydrogen-bond donors (Lipinski definition) is 4. The topological polar surface area (TPSA) is 94.6 Å². The Labute approximate surface area is 206 Å². The third-order valence-electron chi connectivity index (χ3n) is 5.02. The molecule has 3 unspecified atom stereocenters. The third kappa shape index (κ3) is 10.2. The van der Waals surface area contributed by atoms with E-state index in [9.17, 15) is 9.00 Å². The molecule has 4 N–H and O–H groups in total. The Balaban J connectivity index is 0.00000480. The number of amides is 2. The number of halogens is 1. The number of carbonyl (C=O) groups is 1. The summed E-state index contributed by atoms with van der Waals surface area (Å²) in [6.45, 7) is 9.23. The SMILES string of the molecule is CCNC(=NCc1ccc(NC(=O)NC(C)C)cc1)NC1CCCC(S(=O)CC)C1.I. The Morgan fingerprint density at radius 1 is 1.19 bits per heavy atom. The number of rotatable bonds is 8. The average molecular weight is 564 g/mol. The zero-order valence-corrected chi connectivity index (χ0v) is 22.2. The minimum atomic E-state index is -0.731. The number of aliphatic imine (C=N–C) groups is 1. The van der Waals surface area contributed by atoms with Gasteiger partial charge in [0.25, 0.3) is 0 Å². The number of anilines is 1. The highest BCUT2D eigenvalue weighted by Crippen LogP contribution is 2.23. The summed E-state index contributed by atoms with van der Waals surface area (Å²) in [6.07, 6.45) is 4.18. The summed E-state index contributed by atoms with van der Waals surface area (Å²) >= 11 is 0. The Hall–Kier alpha value is -1.36. The molecule has 1 aromatic carbocycles. The Morgan fingerprint density at radius 3 is 2.52 bits per heavy atom. The molecular formula is C22H38IN5O2S. The van der Waals surface area contributed by atoms with Crippen LogP contribution < -0.4 is 21.3 Å². The molecule has 1 aliphatic rings. The van der Waals surface area contributed by atoms with Gasteiger partial charge in [0.1, 0.15) is 0 Å². The molecule has 31 heavy (non-hydrogen) atoms. The minimum absolute atomic E-state index is 0. The van der Waals surface area contributed by atoms with Crippen molar-refractivity contribution in [3.8, 4) is 0 Å². The minimum Gasteiger partial charge on any atom is -0.357 e. The Bertz CT molecular complexity index is 727. The molecule has 0 aromatic heterocycles. The van der Waals surface area contributed by atoms with Crippen molar-refractivity contribution in [3.63, 3.8) is 0 Å². The van der Waals surface area contributed by atoms with Crippen LogP contribution in [-0.4, -0.2) is 45.8 Å². The summed E-state index contributed by atoms with van der Waals surface area (Å²) in [5, 5.41) is 12.8. The van der Waals surface area contributed by atoms with Crippen LogP contribution in [0.15, 0.2) is 29.3 Å². The second kappa shape index (κ2) is 14.7. The number of nitrogens with one attached hydrogen (secondary N) is 4. The number of urea groups is 1. The van der Waals surface area contributed by atoms with E-state index >= 15 is 0 Å². The first-order valence-corrected chi connectivity index (χ1v) is 12.4. The monoisotopic (exact) mass is 563 g/mol. The molecule has 0 spiro atoms. The van der Waals surface area contributed by atoms with Crippen LogP contribution in [0.3, 0.4) is 0 Å². The lowest BCUT2D eigenvalue weighted by atomic mass is 9.95. The van der Waals surface area contributed by atoms with E-state index < -0.39 is 10.8 Å². The highest BCUT2D eigenvalue weighted by Gasteiger charge is 2.26. The van der Waals surface area contributed by atoms with Crippen LogP contribution in [0, 0.1) is 0 Å². The lowest BCUT2D eigenvalue weighted by Gasteiger charge is -2.30. The summed E-state index contributed by atoms with van der Waals surface area (Å²) in [5.74, 6) is 1.53. The molecule has 0 bridgehead atoms. The number of nitrogens with zero attached hydrogens (tertiary/aromatic N) is 1. The molecular weight excluding hydrogens is 525 g/mol. The first kappa shape index (κ1) is 27.7. The van der Waals surface area contributed by atoms with Crippen LogP contribution >= 0.6 is 24.0 Å². The molecule has 7 nitrogen and oxygen atoms in total. The van der Waals surface area contributed by atoms with Crippen molar-refractivity contribution in [1.29, 1.82) is 0 Å². The Morgan fingerprint density at radius 2 is 1.90 bits per heavy atom. The standard InChI is InChI=1S/C22H37N5O2S.HI/c1-5-23-21(26-19-8-7-9-20(14-19)30(29)6-2)24-15-17-10-12-18(13-11-17)27-22(28)25-16(3)4;/h10-13,16,19-20H,5-9,14-15H2,1-4H3,(H2,23,24,26)(H2,25,27,28);1H. The normalized spacial score (nSPS) is 19.8. The zero-order valence-electron chi connectivity index (χ0n) is 19.1. The van der Waals surface area contributed by atoms with Gasteiger partial charge in [-0.25, -0.2) is 9.79 Å². The van der Waals surface area contributed by atoms with Crippen LogP contribution in [-0.2, 0) is 17.3 Å². The lowest BCUT2D eigenvalue weighted by molar-refractivity contribution is 0.250. The van der Waals surface area contributed by atoms with E-state index in [4.69, 9.17) is 4.99 Å². The molecule has 2 rings (SSSR count). The third-order valence-corrected chi connectivity index (χ3v) is 6.76. The van der Waals surface area contributed by atoms with Crippen molar-refractivity contribution < 1.29 is 9.00 Å². The van der Waals surface area contributed by atoms with Gasteiger partial charge in [0.05, 0.1) is 6.54 Å². The van der Waals surface area contributed by atoms with Gasteiger partial charge in [-0.3, -0.25) is 4.21 Å². The quantitative estimate of drug-likeness (QED) is 0.219. The zero-order chi connectivity index (χ0) is 21.9. The molecule has 0 heterocycles. The van der Waals surface area contributed by atoms with Gasteiger partial charge in [-0.1, -0.05) is 25.5 Å². The van der Waals surface area contributed by atoms with Gasteiger partial charge < -0.3 is 21.3 Å². The summed E-state index contributed by atoms with van der Waals surface area (Å²) in [7, 11) is -0.731. The molecule has 9 heteroatoms. The molecule has 1 saturated carbocycles.